The molecule has 0 atom stereocenters. The highest BCUT2D eigenvalue weighted by atomic mass is 35.5. The molecule has 72 valence electrons. The Kier molecular flexibility index (Phi) is 2.69. The van der Waals surface area contributed by atoms with Crippen molar-refractivity contribution in [3.8, 4) is 0 Å². The highest BCUT2D eigenvalue weighted by Crippen LogP contribution is 2.23. The van der Waals surface area contributed by atoms with Crippen molar-refractivity contribution in [1.82, 2.24) is 5.32 Å². The zero-order valence-electron chi connectivity index (χ0n) is 7.64. The molecule has 1 N–H and O–H groups in total. The number of hydrogen-bond acceptors (Lipinski definition) is 2. The third kappa shape index (κ3) is 1.73. The Labute approximate surface area is 87.6 Å². The third-order valence-corrected chi connectivity index (χ3v) is 2.62. The zero-order valence-corrected chi connectivity index (χ0v) is 8.40. The van der Waals surface area contributed by atoms with Gasteiger partial charge >= 0.3 is 0 Å². The first kappa shape index (κ1) is 9.47. The average Bonchev–Trinajstić information content (AvgIpc) is 2.38. The first-order valence-electron chi connectivity index (χ1n) is 4.55. The summed E-state index contributed by atoms with van der Waals surface area (Å²) in [4.78, 5) is 10.7. The first-order valence-corrected chi connectivity index (χ1v) is 4.92. The fraction of sp³-hybridized carbons (Fsp3) is 0.273. The van der Waals surface area contributed by atoms with Gasteiger partial charge in [-0.15, -0.1) is 0 Å². The van der Waals surface area contributed by atoms with Gasteiger partial charge in [0.25, 0.3) is 0 Å². The summed E-state index contributed by atoms with van der Waals surface area (Å²) in [5.74, 6) is 1.98. The second kappa shape index (κ2) is 3.97. The average molecular weight is 208 g/mol. The van der Waals surface area contributed by atoms with Crippen LogP contribution in [-0.2, 0) is 11.2 Å². The van der Waals surface area contributed by atoms with E-state index in [2.05, 4.69) is 5.32 Å². The first-order chi connectivity index (χ1) is 6.81. The molecule has 1 aromatic rings. The molecule has 0 radical (unpaired) electrons. The molecule has 0 amide bonds. The summed E-state index contributed by atoms with van der Waals surface area (Å²) in [5.41, 5.74) is 2.80. The lowest BCUT2D eigenvalue weighted by atomic mass is 10.0. The quantitative estimate of drug-likeness (QED) is 0.657. The van der Waals surface area contributed by atoms with Gasteiger partial charge in [0.1, 0.15) is 5.94 Å². The number of benzene rings is 1. The van der Waals surface area contributed by atoms with Crippen LogP contribution in [0.5, 0.6) is 0 Å². The minimum absolute atomic E-state index is 0.595. The lowest BCUT2D eigenvalue weighted by Crippen LogP contribution is -2.16. The van der Waals surface area contributed by atoms with Crippen molar-refractivity contribution >= 4 is 23.1 Å². The SMILES string of the molecule is O=C=C1CNCCc2cc(Cl)ccc21. The van der Waals surface area contributed by atoms with Crippen LogP contribution >= 0.6 is 11.6 Å². The van der Waals surface area contributed by atoms with Crippen molar-refractivity contribution in [1.29, 1.82) is 0 Å². The Balaban J connectivity index is 2.55. The number of fused-ring (bicyclic) bond motifs is 1. The van der Waals surface area contributed by atoms with Crippen molar-refractivity contribution in [3.05, 3.63) is 34.3 Å². The lowest BCUT2D eigenvalue weighted by Gasteiger charge is -2.04. The Morgan fingerprint density at radius 3 is 3.07 bits per heavy atom. The summed E-state index contributed by atoms with van der Waals surface area (Å²) in [6.45, 7) is 1.47. The maximum absolute atomic E-state index is 10.7. The number of hydrogen-bond donors (Lipinski definition) is 1. The predicted molar refractivity (Wildman–Crippen MR) is 57.1 cm³/mol. The Bertz CT molecular complexity index is 408. The molecule has 0 saturated carbocycles. The fourth-order valence-electron chi connectivity index (χ4n) is 1.69. The van der Waals surface area contributed by atoms with Crippen molar-refractivity contribution in [2.45, 2.75) is 6.42 Å². The highest BCUT2D eigenvalue weighted by molar-refractivity contribution is 6.30. The summed E-state index contributed by atoms with van der Waals surface area (Å²) in [7, 11) is 0. The second-order valence-corrected chi connectivity index (χ2v) is 3.75. The van der Waals surface area contributed by atoms with E-state index >= 15 is 0 Å². The second-order valence-electron chi connectivity index (χ2n) is 3.31. The van der Waals surface area contributed by atoms with Crippen molar-refractivity contribution in [3.63, 3.8) is 0 Å². The summed E-state index contributed by atoms with van der Waals surface area (Å²) in [5, 5.41) is 3.89. The van der Waals surface area contributed by atoms with Crippen LogP contribution in [0.4, 0.5) is 0 Å². The van der Waals surface area contributed by atoms with Gasteiger partial charge in [0.15, 0.2) is 0 Å². The molecule has 0 aromatic heterocycles. The molecule has 14 heavy (non-hydrogen) atoms. The van der Waals surface area contributed by atoms with E-state index in [9.17, 15) is 4.79 Å². The molecule has 0 bridgehead atoms. The number of carbonyl (C=O) groups excluding carboxylic acids is 1. The van der Waals surface area contributed by atoms with Gasteiger partial charge < -0.3 is 5.32 Å². The van der Waals surface area contributed by atoms with Gasteiger partial charge in [-0.05, 0) is 36.2 Å². The summed E-state index contributed by atoms with van der Waals surface area (Å²) < 4.78 is 0. The molecule has 0 spiro atoms. The fourth-order valence-corrected chi connectivity index (χ4v) is 1.88. The topological polar surface area (TPSA) is 29.1 Å². The van der Waals surface area contributed by atoms with E-state index < -0.39 is 0 Å². The van der Waals surface area contributed by atoms with Crippen LogP contribution in [0, 0.1) is 0 Å². The zero-order chi connectivity index (χ0) is 9.97. The summed E-state index contributed by atoms with van der Waals surface area (Å²) >= 11 is 5.89. The molecular weight excluding hydrogens is 198 g/mol. The van der Waals surface area contributed by atoms with Gasteiger partial charge in [0, 0.05) is 11.6 Å². The smallest absolute Gasteiger partial charge is 0.129 e. The van der Waals surface area contributed by atoms with Gasteiger partial charge in [0.2, 0.25) is 0 Å². The Hall–Kier alpha value is -1.08. The molecule has 1 aliphatic heterocycles. The van der Waals surface area contributed by atoms with Crippen LogP contribution < -0.4 is 5.32 Å². The molecule has 0 aliphatic carbocycles. The maximum Gasteiger partial charge on any atom is 0.129 e. The molecule has 1 aromatic carbocycles. The lowest BCUT2D eigenvalue weighted by molar-refractivity contribution is 0.569. The van der Waals surface area contributed by atoms with Crippen molar-refractivity contribution in [2.75, 3.05) is 13.1 Å². The van der Waals surface area contributed by atoms with Crippen molar-refractivity contribution in [2.24, 2.45) is 0 Å². The molecule has 1 aliphatic rings. The van der Waals surface area contributed by atoms with E-state index in [1.165, 1.54) is 0 Å². The molecule has 0 fully saturated rings. The maximum atomic E-state index is 10.7. The highest BCUT2D eigenvalue weighted by Gasteiger charge is 2.12. The van der Waals surface area contributed by atoms with Crippen LogP contribution in [0.2, 0.25) is 5.02 Å². The molecular formula is C11H10ClNO. The van der Waals surface area contributed by atoms with E-state index in [1.54, 1.807) is 0 Å². The Morgan fingerprint density at radius 1 is 1.43 bits per heavy atom. The molecule has 3 heteroatoms. The van der Waals surface area contributed by atoms with Gasteiger partial charge in [-0.2, -0.15) is 0 Å². The number of halogens is 1. The van der Waals surface area contributed by atoms with Crippen LogP contribution in [0.3, 0.4) is 0 Å². The van der Waals surface area contributed by atoms with Crippen LogP contribution in [0.25, 0.3) is 5.57 Å². The minimum Gasteiger partial charge on any atom is -0.312 e. The molecule has 0 saturated heterocycles. The van der Waals surface area contributed by atoms with E-state index in [-0.39, 0.29) is 0 Å². The van der Waals surface area contributed by atoms with E-state index in [0.717, 1.165) is 29.1 Å². The Morgan fingerprint density at radius 2 is 2.29 bits per heavy atom. The largest absolute Gasteiger partial charge is 0.312 e. The van der Waals surface area contributed by atoms with Crippen LogP contribution in [0.15, 0.2) is 18.2 Å². The van der Waals surface area contributed by atoms with E-state index in [4.69, 9.17) is 11.6 Å². The van der Waals surface area contributed by atoms with Gasteiger partial charge in [-0.25, -0.2) is 4.79 Å². The molecule has 1 heterocycles. The summed E-state index contributed by atoms with van der Waals surface area (Å²) in [6, 6.07) is 5.62. The van der Waals surface area contributed by atoms with Gasteiger partial charge in [-0.3, -0.25) is 0 Å². The minimum atomic E-state index is 0.595. The monoisotopic (exact) mass is 207 g/mol. The third-order valence-electron chi connectivity index (χ3n) is 2.39. The standard InChI is InChI=1S/C11H10ClNO/c12-10-1-2-11-8(5-10)3-4-13-6-9(11)7-14/h1-2,5,13H,3-4,6H2. The normalized spacial score (nSPS) is 15.6. The molecule has 0 unspecified atom stereocenters. The molecule has 2 nitrogen and oxygen atoms in total. The van der Waals surface area contributed by atoms with Crippen molar-refractivity contribution < 1.29 is 4.79 Å². The van der Waals surface area contributed by atoms with Crippen LogP contribution in [0.1, 0.15) is 11.1 Å². The number of nitrogens with one attached hydrogen (secondary N) is 1. The summed E-state index contributed by atoms with van der Waals surface area (Å²) in [6.07, 6.45) is 0.904. The number of rotatable bonds is 0. The van der Waals surface area contributed by atoms with Gasteiger partial charge in [-0.1, -0.05) is 17.7 Å². The van der Waals surface area contributed by atoms with E-state index in [1.807, 2.05) is 24.1 Å². The van der Waals surface area contributed by atoms with Crippen LogP contribution in [-0.4, -0.2) is 19.0 Å². The van der Waals surface area contributed by atoms with Gasteiger partial charge in [0.05, 0.1) is 5.57 Å². The molecule has 2 rings (SSSR count). The predicted octanol–water partition coefficient (Wildman–Crippen LogP) is 1.70. The van der Waals surface area contributed by atoms with E-state index in [0.29, 0.717) is 12.1 Å².